The number of morpholine rings is 1. The summed E-state index contributed by atoms with van der Waals surface area (Å²) in [4.78, 5) is 6.66. The molecule has 2 rings (SSSR count). The van der Waals surface area contributed by atoms with Crippen LogP contribution in [0.3, 0.4) is 0 Å². The lowest BCUT2D eigenvalue weighted by atomic mass is 10.2. The largest absolute Gasteiger partial charge is 0.367 e. The number of aromatic nitrogens is 3. The average molecular weight is 225 g/mol. The Hall–Kier alpha value is -0.980. The minimum absolute atomic E-state index is 0.00151. The molecule has 2 heterocycles. The quantitative estimate of drug-likeness (QED) is 0.735. The molecule has 1 aromatic heterocycles. The Kier molecular flexibility index (Phi) is 3.87. The van der Waals surface area contributed by atoms with Crippen LogP contribution < -0.4 is 5.73 Å². The smallest absolute Gasteiger partial charge is 0.180 e. The van der Waals surface area contributed by atoms with E-state index in [9.17, 15) is 0 Å². The summed E-state index contributed by atoms with van der Waals surface area (Å²) in [5.74, 6) is 1.66. The second-order valence-corrected chi connectivity index (χ2v) is 4.15. The third kappa shape index (κ3) is 2.78. The number of likely N-dealkylation sites (N-methyl/N-ethyl adjacent to an activating group) is 1. The van der Waals surface area contributed by atoms with Gasteiger partial charge < -0.3 is 15.4 Å². The first-order chi connectivity index (χ1) is 7.79. The highest BCUT2D eigenvalue weighted by molar-refractivity contribution is 4.96. The number of aromatic amines is 1. The van der Waals surface area contributed by atoms with Crippen LogP contribution in [0.25, 0.3) is 0 Å². The summed E-state index contributed by atoms with van der Waals surface area (Å²) in [6.45, 7) is 3.25. The molecule has 0 aliphatic carbocycles. The number of ether oxygens (including phenoxy) is 1. The molecule has 6 heteroatoms. The molecule has 0 bridgehead atoms. The van der Waals surface area contributed by atoms with E-state index in [4.69, 9.17) is 10.5 Å². The molecule has 90 valence electrons. The van der Waals surface area contributed by atoms with Crippen molar-refractivity contribution in [3.63, 3.8) is 0 Å². The number of H-pyrrole nitrogens is 1. The van der Waals surface area contributed by atoms with Gasteiger partial charge in [-0.05, 0) is 20.0 Å². The number of aryl methyl sites for hydroxylation is 1. The van der Waals surface area contributed by atoms with Crippen LogP contribution in [-0.2, 0) is 11.2 Å². The molecule has 6 nitrogen and oxygen atoms in total. The lowest BCUT2D eigenvalue weighted by Gasteiger charge is -2.28. The van der Waals surface area contributed by atoms with Crippen molar-refractivity contribution in [2.24, 2.45) is 5.73 Å². The number of rotatable bonds is 4. The lowest BCUT2D eigenvalue weighted by Crippen LogP contribution is -2.35. The first-order valence-electron chi connectivity index (χ1n) is 5.71. The van der Waals surface area contributed by atoms with E-state index in [-0.39, 0.29) is 6.10 Å². The fourth-order valence-electron chi connectivity index (χ4n) is 1.77. The van der Waals surface area contributed by atoms with E-state index < -0.39 is 0 Å². The van der Waals surface area contributed by atoms with Crippen LogP contribution >= 0.6 is 0 Å². The van der Waals surface area contributed by atoms with E-state index in [0.29, 0.717) is 6.54 Å². The molecule has 0 saturated carbocycles. The molecule has 0 spiro atoms. The lowest BCUT2D eigenvalue weighted by molar-refractivity contribution is -0.0253. The van der Waals surface area contributed by atoms with Crippen LogP contribution in [0.15, 0.2) is 0 Å². The number of hydrogen-bond donors (Lipinski definition) is 2. The molecule has 1 saturated heterocycles. The zero-order valence-corrected chi connectivity index (χ0v) is 9.65. The number of nitrogens with zero attached hydrogens (tertiary/aromatic N) is 3. The van der Waals surface area contributed by atoms with Crippen molar-refractivity contribution >= 4 is 0 Å². The van der Waals surface area contributed by atoms with Gasteiger partial charge in [0.2, 0.25) is 0 Å². The SMILES string of the molecule is CN1CCOC(c2n[nH]c(CCCN)n2)C1. The molecule has 1 unspecified atom stereocenters. The minimum Gasteiger partial charge on any atom is -0.367 e. The maximum atomic E-state index is 5.64. The highest BCUT2D eigenvalue weighted by Gasteiger charge is 2.23. The molecule has 3 N–H and O–H groups in total. The van der Waals surface area contributed by atoms with Crippen LogP contribution in [0.4, 0.5) is 0 Å². The zero-order valence-electron chi connectivity index (χ0n) is 9.65. The standard InChI is InChI=1S/C10H19N5O/c1-15-5-6-16-8(7-15)10-12-9(13-14-10)3-2-4-11/h8H,2-7,11H2,1H3,(H,12,13,14). The van der Waals surface area contributed by atoms with Gasteiger partial charge in [-0.15, -0.1) is 0 Å². The predicted octanol–water partition coefficient (Wildman–Crippen LogP) is -0.301. The van der Waals surface area contributed by atoms with Gasteiger partial charge in [0.05, 0.1) is 6.61 Å². The third-order valence-electron chi connectivity index (χ3n) is 2.72. The summed E-state index contributed by atoms with van der Waals surface area (Å²) in [6, 6.07) is 0. The van der Waals surface area contributed by atoms with Crippen LogP contribution in [0.2, 0.25) is 0 Å². The zero-order chi connectivity index (χ0) is 11.4. The summed E-state index contributed by atoms with van der Waals surface area (Å²) >= 11 is 0. The molecule has 0 amide bonds. The summed E-state index contributed by atoms with van der Waals surface area (Å²) in [5, 5.41) is 7.14. The molecule has 1 fully saturated rings. The molecular weight excluding hydrogens is 206 g/mol. The van der Waals surface area contributed by atoms with Gasteiger partial charge in [-0.3, -0.25) is 5.10 Å². The van der Waals surface area contributed by atoms with E-state index in [1.165, 1.54) is 0 Å². The Morgan fingerprint density at radius 3 is 3.25 bits per heavy atom. The average Bonchev–Trinajstić information content (AvgIpc) is 2.75. The van der Waals surface area contributed by atoms with Crippen LogP contribution in [-0.4, -0.2) is 53.4 Å². The van der Waals surface area contributed by atoms with Crippen LogP contribution in [0.5, 0.6) is 0 Å². The van der Waals surface area contributed by atoms with Gasteiger partial charge >= 0.3 is 0 Å². The van der Waals surface area contributed by atoms with Gasteiger partial charge in [-0.1, -0.05) is 0 Å². The fraction of sp³-hybridized carbons (Fsp3) is 0.800. The molecular formula is C10H19N5O. The predicted molar refractivity (Wildman–Crippen MR) is 59.9 cm³/mol. The summed E-state index contributed by atoms with van der Waals surface area (Å²) < 4.78 is 5.64. The van der Waals surface area contributed by atoms with Gasteiger partial charge in [0.25, 0.3) is 0 Å². The van der Waals surface area contributed by atoms with Gasteiger partial charge in [-0.25, -0.2) is 4.98 Å². The number of nitrogens with one attached hydrogen (secondary N) is 1. The van der Waals surface area contributed by atoms with Crippen molar-refractivity contribution in [1.29, 1.82) is 0 Å². The Morgan fingerprint density at radius 1 is 1.62 bits per heavy atom. The highest BCUT2D eigenvalue weighted by Crippen LogP contribution is 2.17. The van der Waals surface area contributed by atoms with E-state index in [1.807, 2.05) is 0 Å². The molecule has 0 aromatic carbocycles. The maximum absolute atomic E-state index is 5.64. The Balaban J connectivity index is 1.95. The van der Waals surface area contributed by atoms with Gasteiger partial charge in [0, 0.05) is 19.5 Å². The molecule has 1 atom stereocenters. The van der Waals surface area contributed by atoms with E-state index in [2.05, 4.69) is 27.1 Å². The first kappa shape index (κ1) is 11.5. The maximum Gasteiger partial charge on any atom is 0.180 e. The summed E-state index contributed by atoms with van der Waals surface area (Å²) in [5.41, 5.74) is 5.45. The summed E-state index contributed by atoms with van der Waals surface area (Å²) in [7, 11) is 2.08. The van der Waals surface area contributed by atoms with E-state index >= 15 is 0 Å². The number of hydrogen-bond acceptors (Lipinski definition) is 5. The van der Waals surface area contributed by atoms with E-state index in [1.54, 1.807) is 0 Å². The second-order valence-electron chi connectivity index (χ2n) is 4.15. The van der Waals surface area contributed by atoms with Crippen molar-refractivity contribution in [2.75, 3.05) is 33.3 Å². The third-order valence-corrected chi connectivity index (χ3v) is 2.72. The van der Waals surface area contributed by atoms with Crippen molar-refractivity contribution in [3.05, 3.63) is 11.6 Å². The van der Waals surface area contributed by atoms with Crippen molar-refractivity contribution in [3.8, 4) is 0 Å². The molecule has 1 aliphatic rings. The monoisotopic (exact) mass is 225 g/mol. The molecule has 0 radical (unpaired) electrons. The number of nitrogens with two attached hydrogens (primary N) is 1. The van der Waals surface area contributed by atoms with Gasteiger partial charge in [0.15, 0.2) is 5.82 Å². The Labute approximate surface area is 95.2 Å². The summed E-state index contributed by atoms with van der Waals surface area (Å²) in [6.07, 6.45) is 1.79. The van der Waals surface area contributed by atoms with Gasteiger partial charge in [0.1, 0.15) is 11.9 Å². The van der Waals surface area contributed by atoms with E-state index in [0.717, 1.165) is 44.2 Å². The topological polar surface area (TPSA) is 80.1 Å². The molecule has 1 aliphatic heterocycles. The minimum atomic E-state index is 0.00151. The molecule has 1 aromatic rings. The fourth-order valence-corrected chi connectivity index (χ4v) is 1.77. The second kappa shape index (κ2) is 5.38. The van der Waals surface area contributed by atoms with Crippen LogP contribution in [0.1, 0.15) is 24.2 Å². The normalized spacial score (nSPS) is 22.5. The van der Waals surface area contributed by atoms with Crippen molar-refractivity contribution in [2.45, 2.75) is 18.9 Å². The van der Waals surface area contributed by atoms with Crippen molar-refractivity contribution < 1.29 is 4.74 Å². The first-order valence-corrected chi connectivity index (χ1v) is 5.71. The van der Waals surface area contributed by atoms with Crippen molar-refractivity contribution in [1.82, 2.24) is 20.1 Å². The Morgan fingerprint density at radius 2 is 2.50 bits per heavy atom. The Bertz CT molecular complexity index is 327. The highest BCUT2D eigenvalue weighted by atomic mass is 16.5. The molecule has 16 heavy (non-hydrogen) atoms. The van der Waals surface area contributed by atoms with Gasteiger partial charge in [-0.2, -0.15) is 5.10 Å². The van der Waals surface area contributed by atoms with Crippen LogP contribution in [0, 0.1) is 0 Å².